The molecule has 13 heteroatoms. The van der Waals surface area contributed by atoms with Gasteiger partial charge in [0.15, 0.2) is 0 Å². The minimum absolute atomic E-state index is 0.00275. The van der Waals surface area contributed by atoms with E-state index < -0.39 is 24.1 Å². The van der Waals surface area contributed by atoms with Crippen LogP contribution in [0.2, 0.25) is 5.02 Å². The molecule has 3 aromatic heterocycles. The van der Waals surface area contributed by atoms with Gasteiger partial charge in [0.25, 0.3) is 5.56 Å². The van der Waals surface area contributed by atoms with Crippen LogP contribution in [-0.4, -0.2) is 50.2 Å². The third kappa shape index (κ3) is 5.03. The average Bonchev–Trinajstić information content (AvgIpc) is 3.27. The van der Waals surface area contributed by atoms with Gasteiger partial charge < -0.3 is 9.64 Å². The van der Waals surface area contributed by atoms with E-state index in [2.05, 4.69) is 15.1 Å². The summed E-state index contributed by atoms with van der Waals surface area (Å²) in [7, 11) is 1.78. The average molecular weight is 537 g/mol. The van der Waals surface area contributed by atoms with Gasteiger partial charge in [-0.1, -0.05) is 11.6 Å². The number of aryl methyl sites for hydroxylation is 2. The summed E-state index contributed by atoms with van der Waals surface area (Å²) >= 11 is 5.92. The van der Waals surface area contributed by atoms with E-state index in [1.54, 1.807) is 17.9 Å². The van der Waals surface area contributed by atoms with Crippen molar-refractivity contribution in [2.24, 2.45) is 7.05 Å². The summed E-state index contributed by atoms with van der Waals surface area (Å²) in [6.45, 7) is 0.859. The van der Waals surface area contributed by atoms with Gasteiger partial charge in [0.05, 0.1) is 18.2 Å². The molecule has 0 bridgehead atoms. The van der Waals surface area contributed by atoms with Crippen molar-refractivity contribution in [2.45, 2.75) is 25.7 Å². The fourth-order valence-electron chi connectivity index (χ4n) is 4.38. The molecule has 1 atom stereocenters. The van der Waals surface area contributed by atoms with E-state index >= 15 is 0 Å². The fraction of sp³-hybridized carbons (Fsp3) is 0.333. The lowest BCUT2D eigenvalue weighted by Crippen LogP contribution is -2.39. The summed E-state index contributed by atoms with van der Waals surface area (Å²) in [6.07, 6.45) is -1.49. The molecule has 0 unspecified atom stereocenters. The Bertz CT molecular complexity index is 1550. The van der Waals surface area contributed by atoms with Crippen LogP contribution in [0.25, 0.3) is 22.2 Å². The SMILES string of the molecule is Cc1nc2c(-c3ccc(Cl)cc3F)nc(N3CCO[C@H](c4cnn(C)c4)C3)cc2c(=O)n1CC(F)(F)F. The first kappa shape index (κ1) is 25.2. The van der Waals surface area contributed by atoms with Gasteiger partial charge in [0.1, 0.15) is 41.3 Å². The van der Waals surface area contributed by atoms with Crippen LogP contribution in [0.15, 0.2) is 41.5 Å². The molecule has 1 aromatic carbocycles. The van der Waals surface area contributed by atoms with Crippen molar-refractivity contribution in [1.82, 2.24) is 24.3 Å². The molecule has 0 N–H and O–H groups in total. The number of rotatable bonds is 4. The number of hydrogen-bond donors (Lipinski definition) is 0. The van der Waals surface area contributed by atoms with Crippen molar-refractivity contribution in [3.63, 3.8) is 0 Å². The van der Waals surface area contributed by atoms with Crippen LogP contribution in [0.5, 0.6) is 0 Å². The normalized spacial score (nSPS) is 16.5. The summed E-state index contributed by atoms with van der Waals surface area (Å²) in [4.78, 5) is 24.0. The van der Waals surface area contributed by atoms with E-state index in [0.29, 0.717) is 24.3 Å². The Hall–Kier alpha value is -3.51. The Morgan fingerprint density at radius 3 is 2.68 bits per heavy atom. The Balaban J connectivity index is 1.69. The van der Waals surface area contributed by atoms with Crippen LogP contribution in [0.4, 0.5) is 23.4 Å². The zero-order valence-corrected chi connectivity index (χ0v) is 20.5. The van der Waals surface area contributed by atoms with Gasteiger partial charge >= 0.3 is 6.18 Å². The summed E-state index contributed by atoms with van der Waals surface area (Å²) in [5.41, 5.74) is -0.000417. The zero-order valence-electron chi connectivity index (χ0n) is 19.8. The van der Waals surface area contributed by atoms with Crippen molar-refractivity contribution in [3.8, 4) is 11.3 Å². The molecule has 1 aliphatic heterocycles. The third-order valence-electron chi connectivity index (χ3n) is 6.13. The lowest BCUT2D eigenvalue weighted by Gasteiger charge is -2.33. The second-order valence-corrected chi connectivity index (χ2v) is 9.20. The number of benzene rings is 1. The first-order chi connectivity index (χ1) is 17.5. The monoisotopic (exact) mass is 536 g/mol. The van der Waals surface area contributed by atoms with Gasteiger partial charge in [-0.3, -0.25) is 14.0 Å². The molecule has 8 nitrogen and oxygen atoms in total. The highest BCUT2D eigenvalue weighted by molar-refractivity contribution is 6.30. The van der Waals surface area contributed by atoms with Crippen LogP contribution in [-0.2, 0) is 18.3 Å². The lowest BCUT2D eigenvalue weighted by molar-refractivity contribution is -0.141. The third-order valence-corrected chi connectivity index (χ3v) is 6.36. The molecule has 0 radical (unpaired) electrons. The second-order valence-electron chi connectivity index (χ2n) is 8.77. The lowest BCUT2D eigenvalue weighted by atomic mass is 10.1. The maximum absolute atomic E-state index is 15.0. The minimum atomic E-state index is -4.63. The van der Waals surface area contributed by atoms with Gasteiger partial charge in [-0.25, -0.2) is 14.4 Å². The molecule has 4 heterocycles. The van der Waals surface area contributed by atoms with E-state index in [1.165, 1.54) is 25.1 Å². The Morgan fingerprint density at radius 2 is 2.00 bits per heavy atom. The Morgan fingerprint density at radius 1 is 1.22 bits per heavy atom. The maximum Gasteiger partial charge on any atom is 0.406 e. The summed E-state index contributed by atoms with van der Waals surface area (Å²) in [5.74, 6) is -0.578. The molecular weight excluding hydrogens is 516 g/mol. The summed E-state index contributed by atoms with van der Waals surface area (Å²) in [6, 6.07) is 5.37. The largest absolute Gasteiger partial charge is 0.406 e. The van der Waals surface area contributed by atoms with Gasteiger partial charge in [-0.15, -0.1) is 0 Å². The van der Waals surface area contributed by atoms with Gasteiger partial charge in [0, 0.05) is 42.5 Å². The topological polar surface area (TPSA) is 78.1 Å². The molecule has 0 aliphatic carbocycles. The minimum Gasteiger partial charge on any atom is -0.370 e. The van der Waals surface area contributed by atoms with Crippen molar-refractivity contribution >= 4 is 28.3 Å². The molecule has 4 aromatic rings. The summed E-state index contributed by atoms with van der Waals surface area (Å²) in [5, 5.41) is 4.22. The smallest absolute Gasteiger partial charge is 0.370 e. The van der Waals surface area contributed by atoms with Crippen molar-refractivity contribution in [3.05, 3.63) is 69.2 Å². The number of ether oxygens (including phenoxy) is 1. The molecule has 0 amide bonds. The molecule has 0 spiro atoms. The molecular formula is C24H21ClF4N6O2. The number of hydrogen-bond acceptors (Lipinski definition) is 6. The van der Waals surface area contributed by atoms with Gasteiger partial charge in [-0.05, 0) is 31.2 Å². The standard InChI is InChI=1S/C24H21ClF4N6O2/c1-13-31-22-17(23(36)35(13)12-24(27,28)29)8-20(32-21(22)16-4-3-15(25)7-18(16)26)34-5-6-37-19(11-34)14-9-30-33(2)10-14/h3-4,7-10,19H,5-6,11-12H2,1-2H3/t19-/m0/s1. The fourth-order valence-corrected chi connectivity index (χ4v) is 4.54. The predicted molar refractivity (Wildman–Crippen MR) is 129 cm³/mol. The highest BCUT2D eigenvalue weighted by atomic mass is 35.5. The first-order valence-electron chi connectivity index (χ1n) is 11.3. The molecule has 1 saturated heterocycles. The van der Waals surface area contributed by atoms with E-state index in [-0.39, 0.29) is 44.9 Å². The van der Waals surface area contributed by atoms with Crippen molar-refractivity contribution in [2.75, 3.05) is 24.6 Å². The van der Waals surface area contributed by atoms with Crippen LogP contribution >= 0.6 is 11.6 Å². The maximum atomic E-state index is 15.0. The molecule has 1 fully saturated rings. The Labute approximate surface area is 213 Å². The van der Waals surface area contributed by atoms with Crippen LogP contribution in [0.1, 0.15) is 17.5 Å². The number of aromatic nitrogens is 5. The number of fused-ring (bicyclic) bond motifs is 1. The number of alkyl halides is 3. The number of nitrogens with zero attached hydrogens (tertiary/aromatic N) is 6. The molecule has 194 valence electrons. The van der Waals surface area contributed by atoms with Crippen LogP contribution in [0.3, 0.4) is 0 Å². The predicted octanol–water partition coefficient (Wildman–Crippen LogP) is 4.43. The number of anilines is 1. The molecule has 5 rings (SSSR count). The van der Waals surface area contributed by atoms with E-state index in [1.807, 2.05) is 11.1 Å². The Kier molecular flexibility index (Phi) is 6.40. The number of morpholine rings is 1. The van der Waals surface area contributed by atoms with Crippen molar-refractivity contribution in [1.29, 1.82) is 0 Å². The van der Waals surface area contributed by atoms with Gasteiger partial charge in [-0.2, -0.15) is 18.3 Å². The van der Waals surface area contributed by atoms with E-state index in [4.69, 9.17) is 16.3 Å². The number of pyridine rings is 1. The van der Waals surface area contributed by atoms with E-state index in [0.717, 1.165) is 11.6 Å². The summed E-state index contributed by atoms with van der Waals surface area (Å²) < 4.78 is 62.7. The van der Waals surface area contributed by atoms with E-state index in [9.17, 15) is 22.4 Å². The highest BCUT2D eigenvalue weighted by Gasteiger charge is 2.31. The molecule has 1 aliphatic rings. The van der Waals surface area contributed by atoms with Gasteiger partial charge in [0.2, 0.25) is 0 Å². The van der Waals surface area contributed by atoms with Crippen LogP contribution in [0, 0.1) is 12.7 Å². The highest BCUT2D eigenvalue weighted by Crippen LogP contribution is 2.33. The van der Waals surface area contributed by atoms with Crippen LogP contribution < -0.4 is 10.5 Å². The molecule has 37 heavy (non-hydrogen) atoms. The number of halogens is 5. The zero-order chi connectivity index (χ0) is 26.5. The quantitative estimate of drug-likeness (QED) is 0.359. The molecule has 0 saturated carbocycles. The van der Waals surface area contributed by atoms with Crippen molar-refractivity contribution < 1.29 is 22.3 Å². The first-order valence-corrected chi connectivity index (χ1v) is 11.7. The second kappa shape index (κ2) is 9.42.